The fourth-order valence-electron chi connectivity index (χ4n) is 3.32. The maximum absolute atomic E-state index is 13.0. The molecular formula is C26H26O7S. The molecule has 0 saturated carbocycles. The van der Waals surface area contributed by atoms with Crippen molar-refractivity contribution in [3.63, 3.8) is 0 Å². The average molecular weight is 483 g/mol. The first-order valence-corrected chi connectivity index (χ1v) is 11.2. The number of rotatable bonds is 9. The first kappa shape index (κ1) is 25.5. The van der Waals surface area contributed by atoms with Gasteiger partial charge in [0.05, 0.1) is 23.2 Å². The molecule has 0 fully saturated rings. The summed E-state index contributed by atoms with van der Waals surface area (Å²) in [7, 11) is 0. The van der Waals surface area contributed by atoms with Crippen LogP contribution in [0.15, 0.2) is 83.8 Å². The van der Waals surface area contributed by atoms with Gasteiger partial charge >= 0.3 is 11.9 Å². The summed E-state index contributed by atoms with van der Waals surface area (Å²) in [5.41, 5.74) is 0.0231. The number of hydrogen-bond donors (Lipinski definition) is 1. The molecule has 8 heteroatoms. The highest BCUT2D eigenvalue weighted by molar-refractivity contribution is 7.94. The Bertz CT molecular complexity index is 1040. The van der Waals surface area contributed by atoms with Crippen molar-refractivity contribution in [3.05, 3.63) is 101 Å². The summed E-state index contributed by atoms with van der Waals surface area (Å²) >= 11 is 0.625. The van der Waals surface area contributed by atoms with Crippen molar-refractivity contribution >= 4 is 24.0 Å². The Morgan fingerprint density at radius 3 is 1.50 bits per heavy atom. The molecule has 0 saturated heterocycles. The van der Waals surface area contributed by atoms with E-state index in [0.717, 1.165) is 11.1 Å². The van der Waals surface area contributed by atoms with Crippen LogP contribution in [-0.4, -0.2) is 17.2 Å². The molecule has 0 radical (unpaired) electrons. The molecule has 0 bridgehead atoms. The van der Waals surface area contributed by atoms with Gasteiger partial charge in [-0.25, -0.2) is 14.8 Å². The van der Waals surface area contributed by atoms with Gasteiger partial charge in [0.2, 0.25) is 0 Å². The van der Waals surface area contributed by atoms with Crippen LogP contribution in [0.1, 0.15) is 59.5 Å². The third-order valence-electron chi connectivity index (χ3n) is 5.17. The molecule has 0 aliphatic carbocycles. The van der Waals surface area contributed by atoms with Crippen molar-refractivity contribution in [2.24, 2.45) is 0 Å². The Hall–Kier alpha value is -3.17. The zero-order valence-corrected chi connectivity index (χ0v) is 20.1. The van der Waals surface area contributed by atoms with Crippen molar-refractivity contribution < 1.29 is 33.7 Å². The molecule has 7 nitrogen and oxygen atoms in total. The van der Waals surface area contributed by atoms with Crippen LogP contribution in [0.3, 0.4) is 0 Å². The van der Waals surface area contributed by atoms with Gasteiger partial charge in [0.1, 0.15) is 11.2 Å². The quantitative estimate of drug-likeness (QED) is 0.164. The molecular weight excluding hydrogens is 456 g/mol. The van der Waals surface area contributed by atoms with E-state index in [1.807, 2.05) is 60.7 Å². The third kappa shape index (κ3) is 6.45. The molecule has 1 N–H and O–H groups in total. The van der Waals surface area contributed by atoms with Crippen molar-refractivity contribution in [2.45, 2.75) is 43.8 Å². The van der Waals surface area contributed by atoms with Crippen LogP contribution < -0.4 is 0 Å². The van der Waals surface area contributed by atoms with Gasteiger partial charge in [-0.3, -0.25) is 0 Å². The minimum atomic E-state index is -0.915. The Kier molecular flexibility index (Phi) is 8.11. The van der Waals surface area contributed by atoms with Gasteiger partial charge in [-0.1, -0.05) is 65.7 Å². The van der Waals surface area contributed by atoms with E-state index in [9.17, 15) is 9.59 Å². The zero-order valence-electron chi connectivity index (χ0n) is 19.3. The first-order valence-electron chi connectivity index (χ1n) is 10.5. The fourth-order valence-corrected chi connectivity index (χ4v) is 3.77. The molecule has 0 aliphatic rings. The molecule has 34 heavy (non-hydrogen) atoms. The van der Waals surface area contributed by atoms with Crippen molar-refractivity contribution in [1.82, 2.24) is 0 Å². The zero-order chi connectivity index (χ0) is 24.8. The van der Waals surface area contributed by atoms with Crippen LogP contribution in [0.2, 0.25) is 0 Å². The summed E-state index contributed by atoms with van der Waals surface area (Å²) < 4.78 is 16.0. The van der Waals surface area contributed by atoms with Gasteiger partial charge in [0, 0.05) is 4.90 Å². The van der Waals surface area contributed by atoms with Crippen molar-refractivity contribution in [1.29, 1.82) is 0 Å². The smallest absolute Gasteiger partial charge is 0.339 e. The van der Waals surface area contributed by atoms with Gasteiger partial charge in [0.25, 0.3) is 0 Å². The van der Waals surface area contributed by atoms with Crippen LogP contribution in [0.4, 0.5) is 0 Å². The number of esters is 2. The summed E-state index contributed by atoms with van der Waals surface area (Å²) in [5, 5.41) is 12.2. The van der Waals surface area contributed by atoms with E-state index < -0.39 is 23.1 Å². The van der Waals surface area contributed by atoms with Gasteiger partial charge in [-0.2, -0.15) is 0 Å². The highest BCUT2D eigenvalue weighted by Gasteiger charge is 2.29. The predicted molar refractivity (Wildman–Crippen MR) is 127 cm³/mol. The van der Waals surface area contributed by atoms with Crippen LogP contribution in [0.5, 0.6) is 0 Å². The highest BCUT2D eigenvalue weighted by atomic mass is 32.2. The standard InChI is InChI=1S/C26H26O7S/c1-25(2,20-11-7-5-8-12-20)30-23(27)18-15-19(17-22(16-18)34-33-32-29)24(28)31-26(3,4)21-13-9-6-10-14-21/h5-17,29H,1-4H3. The molecule has 0 spiro atoms. The van der Waals surface area contributed by atoms with Crippen molar-refractivity contribution in [3.8, 4) is 0 Å². The number of hydrogen-bond acceptors (Lipinski definition) is 8. The number of benzene rings is 3. The molecule has 3 aromatic rings. The summed E-state index contributed by atoms with van der Waals surface area (Å²) in [4.78, 5) is 26.4. The second-order valence-electron chi connectivity index (χ2n) is 8.50. The molecule has 0 atom stereocenters. The molecule has 3 rings (SSSR count). The highest BCUT2D eigenvalue weighted by Crippen LogP contribution is 2.30. The molecule has 0 heterocycles. The van der Waals surface area contributed by atoms with Crippen LogP contribution >= 0.6 is 12.0 Å². The fraction of sp³-hybridized carbons (Fsp3) is 0.231. The van der Waals surface area contributed by atoms with E-state index >= 15 is 0 Å². The van der Waals surface area contributed by atoms with Gasteiger partial charge in [-0.05, 0) is 57.0 Å². The Morgan fingerprint density at radius 2 is 1.12 bits per heavy atom. The third-order valence-corrected chi connectivity index (χ3v) is 5.73. The van der Waals surface area contributed by atoms with E-state index in [0.29, 0.717) is 16.9 Å². The van der Waals surface area contributed by atoms with Gasteiger partial charge < -0.3 is 9.47 Å². The summed E-state index contributed by atoms with van der Waals surface area (Å²) in [6.07, 6.45) is 0. The lowest BCUT2D eigenvalue weighted by atomic mass is 9.98. The molecule has 178 valence electrons. The Morgan fingerprint density at radius 1 is 0.706 bits per heavy atom. The van der Waals surface area contributed by atoms with Gasteiger partial charge in [0.15, 0.2) is 0 Å². The maximum Gasteiger partial charge on any atom is 0.339 e. The minimum Gasteiger partial charge on any atom is -0.451 e. The Balaban J connectivity index is 1.88. The SMILES string of the molecule is CC(C)(OC(=O)c1cc(SOOO)cc(C(=O)OC(C)(C)c2ccccc2)c1)c1ccccc1. The number of carbonyl (C=O) groups excluding carboxylic acids is 2. The predicted octanol–water partition coefficient (Wildman–Crippen LogP) is 6.30. The minimum absolute atomic E-state index is 0.111. The van der Waals surface area contributed by atoms with Crippen LogP contribution in [-0.2, 0) is 30.0 Å². The van der Waals surface area contributed by atoms with Gasteiger partial charge in [-0.15, -0.1) is 4.33 Å². The molecule has 3 aromatic carbocycles. The second kappa shape index (κ2) is 10.8. The lowest BCUT2D eigenvalue weighted by Crippen LogP contribution is -2.27. The second-order valence-corrected chi connectivity index (χ2v) is 9.28. The number of carbonyl (C=O) groups is 2. The van der Waals surface area contributed by atoms with Crippen LogP contribution in [0.25, 0.3) is 0 Å². The topological polar surface area (TPSA) is 91.3 Å². The molecule has 0 amide bonds. The van der Waals surface area contributed by atoms with E-state index in [4.69, 9.17) is 14.7 Å². The molecule has 0 aromatic heterocycles. The average Bonchev–Trinajstić information content (AvgIpc) is 2.83. The summed E-state index contributed by atoms with van der Waals surface area (Å²) in [5.74, 6) is -1.28. The molecule has 0 aliphatic heterocycles. The monoisotopic (exact) mass is 482 g/mol. The molecule has 0 unspecified atom stereocenters. The normalized spacial score (nSPS) is 11.7. The number of ether oxygens (including phenoxy) is 2. The van der Waals surface area contributed by atoms with E-state index in [2.05, 4.69) is 9.37 Å². The lowest BCUT2D eigenvalue weighted by Gasteiger charge is -2.26. The van der Waals surface area contributed by atoms with Crippen LogP contribution in [0, 0.1) is 0 Å². The van der Waals surface area contributed by atoms with E-state index in [1.54, 1.807) is 27.7 Å². The lowest BCUT2D eigenvalue weighted by molar-refractivity contribution is -0.432. The Labute approximate surface area is 202 Å². The van der Waals surface area contributed by atoms with E-state index in [-0.39, 0.29) is 11.1 Å². The van der Waals surface area contributed by atoms with Crippen molar-refractivity contribution in [2.75, 3.05) is 0 Å². The summed E-state index contributed by atoms with van der Waals surface area (Å²) in [6, 6.07) is 23.0. The summed E-state index contributed by atoms with van der Waals surface area (Å²) in [6.45, 7) is 7.11. The van der Waals surface area contributed by atoms with E-state index in [1.165, 1.54) is 18.2 Å². The largest absolute Gasteiger partial charge is 0.451 e. The maximum atomic E-state index is 13.0. The first-order chi connectivity index (χ1) is 16.1.